The van der Waals surface area contributed by atoms with Gasteiger partial charge in [0.1, 0.15) is 11.4 Å². The minimum Gasteiger partial charge on any atom is -0.497 e. The van der Waals surface area contributed by atoms with Crippen molar-refractivity contribution >= 4 is 23.6 Å². The zero-order valence-corrected chi connectivity index (χ0v) is 18.2. The van der Waals surface area contributed by atoms with Crippen molar-refractivity contribution in [2.75, 3.05) is 51.3 Å². The van der Waals surface area contributed by atoms with E-state index in [2.05, 4.69) is 0 Å². The lowest BCUT2D eigenvalue weighted by Crippen LogP contribution is -2.54. The van der Waals surface area contributed by atoms with Crippen LogP contribution in [0.5, 0.6) is 5.75 Å². The Morgan fingerprint density at radius 1 is 1.19 bits per heavy atom. The van der Waals surface area contributed by atoms with Crippen molar-refractivity contribution in [1.82, 2.24) is 9.80 Å². The van der Waals surface area contributed by atoms with Gasteiger partial charge in [-0.05, 0) is 19.1 Å². The van der Waals surface area contributed by atoms with Gasteiger partial charge in [-0.25, -0.2) is 4.79 Å². The topological polar surface area (TPSA) is 88.6 Å². The monoisotopic (exact) mass is 441 g/mol. The van der Waals surface area contributed by atoms with Gasteiger partial charge in [-0.2, -0.15) is 0 Å². The molecule has 9 nitrogen and oxygen atoms in total. The molecule has 0 unspecified atom stereocenters. The van der Waals surface area contributed by atoms with Crippen LogP contribution in [0.2, 0.25) is 0 Å². The number of benzene rings is 1. The first-order valence-corrected chi connectivity index (χ1v) is 11.0. The lowest BCUT2D eigenvalue weighted by molar-refractivity contribution is -0.141. The summed E-state index contributed by atoms with van der Waals surface area (Å²) in [6, 6.07) is 7.34. The number of carbonyl (C=O) groups is 3. The third-order valence-corrected chi connectivity index (χ3v) is 6.87. The molecular weight excluding hydrogens is 414 g/mol. The highest BCUT2D eigenvalue weighted by atomic mass is 16.6. The largest absolute Gasteiger partial charge is 0.497 e. The Bertz CT molecular complexity index is 972. The summed E-state index contributed by atoms with van der Waals surface area (Å²) in [5.74, 6) is -0.640. The van der Waals surface area contributed by atoms with Gasteiger partial charge in [-0.3, -0.25) is 9.59 Å². The van der Waals surface area contributed by atoms with Gasteiger partial charge in [0.15, 0.2) is 0 Å². The van der Waals surface area contributed by atoms with Crippen LogP contribution in [-0.2, 0) is 19.1 Å². The summed E-state index contributed by atoms with van der Waals surface area (Å²) in [4.78, 5) is 44.0. The van der Waals surface area contributed by atoms with E-state index in [9.17, 15) is 14.4 Å². The van der Waals surface area contributed by atoms with Crippen LogP contribution in [0.25, 0.3) is 0 Å². The van der Waals surface area contributed by atoms with Gasteiger partial charge in [-0.15, -0.1) is 0 Å². The molecular formula is C23H27N3O6. The lowest BCUT2D eigenvalue weighted by atomic mass is 9.76. The first-order chi connectivity index (χ1) is 15.5. The summed E-state index contributed by atoms with van der Waals surface area (Å²) in [5.41, 5.74) is -0.0504. The van der Waals surface area contributed by atoms with Crippen LogP contribution in [0.15, 0.2) is 36.4 Å². The maximum absolute atomic E-state index is 13.5. The number of carbonyl (C=O) groups excluding carboxylic acids is 3. The molecule has 4 aliphatic rings. The van der Waals surface area contributed by atoms with E-state index in [0.717, 1.165) is 5.69 Å². The SMILES string of the molecule is CCOC(=O)N1CCN(C(=O)[C@@H]2[C@@H]3C=C[C@]4(CN(c5cccc(OC)c5)C(=O)[C@H]24)O3)CC1. The van der Waals surface area contributed by atoms with Crippen LogP contribution in [0.1, 0.15) is 6.92 Å². The van der Waals surface area contributed by atoms with Crippen LogP contribution in [-0.4, -0.2) is 85.9 Å². The van der Waals surface area contributed by atoms with E-state index in [1.165, 1.54) is 0 Å². The van der Waals surface area contributed by atoms with Gasteiger partial charge < -0.3 is 28.9 Å². The molecule has 170 valence electrons. The van der Waals surface area contributed by atoms with Crippen molar-refractivity contribution in [2.45, 2.75) is 18.6 Å². The summed E-state index contributed by atoms with van der Waals surface area (Å²) < 4.78 is 16.6. The number of rotatable bonds is 4. The van der Waals surface area contributed by atoms with Gasteiger partial charge in [-0.1, -0.05) is 18.2 Å². The third-order valence-electron chi connectivity index (χ3n) is 6.87. The average molecular weight is 441 g/mol. The standard InChI is InChI=1S/C23H27N3O6/c1-3-31-22(29)25-11-9-24(10-12-25)20(27)18-17-7-8-23(32-17)14-26(21(28)19(18)23)15-5-4-6-16(13-15)30-2/h4-8,13,17-19H,3,9-12,14H2,1-2H3/t17-,18+,19-,23+/m0/s1. The van der Waals surface area contributed by atoms with E-state index < -0.39 is 23.5 Å². The number of hydrogen-bond donors (Lipinski definition) is 0. The number of anilines is 1. The molecule has 9 heteroatoms. The average Bonchev–Trinajstić information content (AvgIpc) is 3.47. The molecule has 1 aromatic rings. The van der Waals surface area contributed by atoms with Crippen molar-refractivity contribution in [3.05, 3.63) is 36.4 Å². The van der Waals surface area contributed by atoms with Gasteiger partial charge in [0, 0.05) is 37.9 Å². The molecule has 0 aliphatic carbocycles. The van der Waals surface area contributed by atoms with E-state index in [4.69, 9.17) is 14.2 Å². The molecule has 1 aromatic carbocycles. The second-order valence-electron chi connectivity index (χ2n) is 8.54. The molecule has 0 aromatic heterocycles. The number of nitrogens with zero attached hydrogens (tertiary/aromatic N) is 3. The fourth-order valence-corrected chi connectivity index (χ4v) is 5.31. The molecule has 3 saturated heterocycles. The highest BCUT2D eigenvalue weighted by Crippen LogP contribution is 2.53. The zero-order valence-electron chi connectivity index (χ0n) is 18.2. The Labute approximate surface area is 186 Å². The molecule has 0 radical (unpaired) electrons. The van der Waals surface area contributed by atoms with Crippen LogP contribution in [0, 0.1) is 11.8 Å². The van der Waals surface area contributed by atoms with Crippen LogP contribution < -0.4 is 9.64 Å². The molecule has 4 heterocycles. The van der Waals surface area contributed by atoms with Crippen molar-refractivity contribution in [1.29, 1.82) is 0 Å². The van der Waals surface area contributed by atoms with Crippen LogP contribution in [0.4, 0.5) is 10.5 Å². The predicted octanol–water partition coefficient (Wildman–Crippen LogP) is 1.28. The number of hydrogen-bond acceptors (Lipinski definition) is 6. The highest BCUT2D eigenvalue weighted by molar-refractivity contribution is 6.03. The van der Waals surface area contributed by atoms with E-state index in [0.29, 0.717) is 45.1 Å². The Morgan fingerprint density at radius 3 is 2.66 bits per heavy atom. The van der Waals surface area contributed by atoms with E-state index >= 15 is 0 Å². The molecule has 0 N–H and O–H groups in total. The van der Waals surface area contributed by atoms with Crippen molar-refractivity contribution in [3.8, 4) is 5.75 Å². The molecule has 0 saturated carbocycles. The number of fused-ring (bicyclic) bond motifs is 1. The smallest absolute Gasteiger partial charge is 0.409 e. The third kappa shape index (κ3) is 3.14. The first-order valence-electron chi connectivity index (χ1n) is 11.0. The maximum Gasteiger partial charge on any atom is 0.409 e. The zero-order chi connectivity index (χ0) is 22.5. The minimum atomic E-state index is -0.780. The highest BCUT2D eigenvalue weighted by Gasteiger charge is 2.67. The number of amides is 3. The van der Waals surface area contributed by atoms with Crippen molar-refractivity contribution < 1.29 is 28.6 Å². The normalized spacial score (nSPS) is 30.6. The van der Waals surface area contributed by atoms with Crippen molar-refractivity contribution in [2.24, 2.45) is 11.8 Å². The van der Waals surface area contributed by atoms with Crippen LogP contribution in [0.3, 0.4) is 0 Å². The molecule has 2 bridgehead atoms. The predicted molar refractivity (Wildman–Crippen MR) is 114 cm³/mol. The maximum atomic E-state index is 13.5. The fourth-order valence-electron chi connectivity index (χ4n) is 5.31. The number of methoxy groups -OCH3 is 1. The fraction of sp³-hybridized carbons (Fsp3) is 0.522. The van der Waals surface area contributed by atoms with Gasteiger partial charge in [0.05, 0.1) is 38.2 Å². The number of ether oxygens (including phenoxy) is 3. The Morgan fingerprint density at radius 2 is 1.94 bits per heavy atom. The molecule has 4 atom stereocenters. The molecule has 5 rings (SSSR count). The first kappa shape index (κ1) is 20.8. The Hall–Kier alpha value is -3.07. The summed E-state index contributed by atoms with van der Waals surface area (Å²) in [5, 5.41) is 0. The van der Waals surface area contributed by atoms with E-state index in [1.807, 2.05) is 36.4 Å². The Kier molecular flexibility index (Phi) is 5.08. The summed E-state index contributed by atoms with van der Waals surface area (Å²) in [6.45, 7) is 4.12. The second-order valence-corrected chi connectivity index (χ2v) is 8.54. The summed E-state index contributed by atoms with van der Waals surface area (Å²) >= 11 is 0. The molecule has 3 fully saturated rings. The van der Waals surface area contributed by atoms with Gasteiger partial charge in [0.2, 0.25) is 11.8 Å². The van der Waals surface area contributed by atoms with Gasteiger partial charge >= 0.3 is 6.09 Å². The summed E-state index contributed by atoms with van der Waals surface area (Å²) in [7, 11) is 1.59. The van der Waals surface area contributed by atoms with Crippen LogP contribution >= 0.6 is 0 Å². The van der Waals surface area contributed by atoms with Gasteiger partial charge in [0.25, 0.3) is 0 Å². The molecule has 1 spiro atoms. The van der Waals surface area contributed by atoms with Crippen molar-refractivity contribution in [3.63, 3.8) is 0 Å². The minimum absolute atomic E-state index is 0.0874. The molecule has 32 heavy (non-hydrogen) atoms. The van der Waals surface area contributed by atoms with E-state index in [1.54, 1.807) is 28.7 Å². The quantitative estimate of drug-likeness (QED) is 0.654. The molecule has 4 aliphatic heterocycles. The van der Waals surface area contributed by atoms with E-state index in [-0.39, 0.29) is 17.9 Å². The number of piperazine rings is 1. The second kappa shape index (κ2) is 7.81. The Balaban J connectivity index is 1.33. The summed E-state index contributed by atoms with van der Waals surface area (Å²) in [6.07, 6.45) is 3.11. The molecule has 3 amide bonds. The lowest BCUT2D eigenvalue weighted by Gasteiger charge is -2.36.